The standard InChI is InChI=1S/C18H16Cl2N4/c1-23(2)7-8-24-15-6-4-3-5-12(15)16-18(24)22-17-13(20)9-11(19)10-14(17)21-16/h3-6,9-10H,7-8H2,1-2H3. The van der Waals surface area contributed by atoms with Gasteiger partial charge < -0.3 is 9.47 Å². The summed E-state index contributed by atoms with van der Waals surface area (Å²) in [4.78, 5) is 11.8. The van der Waals surface area contributed by atoms with Crippen LogP contribution in [0.2, 0.25) is 10.0 Å². The molecule has 6 heteroatoms. The van der Waals surface area contributed by atoms with Crippen LogP contribution < -0.4 is 0 Å². The minimum absolute atomic E-state index is 0.524. The van der Waals surface area contributed by atoms with Gasteiger partial charge in [-0.2, -0.15) is 0 Å². The van der Waals surface area contributed by atoms with Crippen molar-refractivity contribution in [1.82, 2.24) is 19.4 Å². The molecule has 0 N–H and O–H groups in total. The van der Waals surface area contributed by atoms with Gasteiger partial charge in [0.25, 0.3) is 0 Å². The van der Waals surface area contributed by atoms with Crippen LogP contribution in [0.25, 0.3) is 33.1 Å². The number of aromatic nitrogens is 3. The van der Waals surface area contributed by atoms with Gasteiger partial charge in [0.1, 0.15) is 11.0 Å². The van der Waals surface area contributed by atoms with E-state index in [1.54, 1.807) is 12.1 Å². The van der Waals surface area contributed by atoms with E-state index in [-0.39, 0.29) is 0 Å². The molecule has 2 aromatic heterocycles. The first-order valence-corrected chi connectivity index (χ1v) is 8.48. The lowest BCUT2D eigenvalue weighted by Gasteiger charge is -2.12. The van der Waals surface area contributed by atoms with Crippen molar-refractivity contribution >= 4 is 56.3 Å². The topological polar surface area (TPSA) is 34.0 Å². The highest BCUT2D eigenvalue weighted by molar-refractivity contribution is 6.38. The summed E-state index contributed by atoms with van der Waals surface area (Å²) < 4.78 is 2.21. The van der Waals surface area contributed by atoms with Gasteiger partial charge in [-0.05, 0) is 32.3 Å². The minimum atomic E-state index is 0.524. The zero-order chi connectivity index (χ0) is 16.8. The lowest BCUT2D eigenvalue weighted by Crippen LogP contribution is -2.18. The predicted molar refractivity (Wildman–Crippen MR) is 101 cm³/mol. The van der Waals surface area contributed by atoms with E-state index in [9.17, 15) is 0 Å². The number of hydrogen-bond donors (Lipinski definition) is 0. The Balaban J connectivity index is 2.09. The van der Waals surface area contributed by atoms with E-state index in [1.807, 2.05) is 12.1 Å². The second kappa shape index (κ2) is 5.88. The van der Waals surface area contributed by atoms with Crippen molar-refractivity contribution in [3.8, 4) is 0 Å². The molecular weight excluding hydrogens is 343 g/mol. The number of nitrogens with zero attached hydrogens (tertiary/aromatic N) is 4. The van der Waals surface area contributed by atoms with Gasteiger partial charge in [0.05, 0.1) is 16.1 Å². The third kappa shape index (κ3) is 2.51. The highest BCUT2D eigenvalue weighted by atomic mass is 35.5. The highest BCUT2D eigenvalue weighted by Gasteiger charge is 2.15. The Hall–Kier alpha value is -1.88. The van der Waals surface area contributed by atoms with E-state index in [4.69, 9.17) is 33.2 Å². The maximum atomic E-state index is 6.34. The van der Waals surface area contributed by atoms with Crippen LogP contribution in [-0.2, 0) is 6.54 Å². The monoisotopic (exact) mass is 358 g/mol. The first kappa shape index (κ1) is 15.6. The van der Waals surface area contributed by atoms with Crippen molar-refractivity contribution in [3.05, 3.63) is 46.4 Å². The number of fused-ring (bicyclic) bond motifs is 4. The largest absolute Gasteiger partial charge is 0.323 e. The summed E-state index contributed by atoms with van der Waals surface area (Å²) in [5.74, 6) is 0. The van der Waals surface area contributed by atoms with Gasteiger partial charge in [0.15, 0.2) is 5.65 Å². The van der Waals surface area contributed by atoms with E-state index in [2.05, 4.69) is 35.7 Å². The summed E-state index contributed by atoms with van der Waals surface area (Å²) in [6.07, 6.45) is 0. The summed E-state index contributed by atoms with van der Waals surface area (Å²) in [5.41, 5.74) is 4.27. The van der Waals surface area contributed by atoms with Crippen LogP contribution in [-0.4, -0.2) is 40.1 Å². The van der Waals surface area contributed by atoms with Crippen molar-refractivity contribution < 1.29 is 0 Å². The van der Waals surface area contributed by atoms with E-state index in [0.717, 1.165) is 40.7 Å². The van der Waals surface area contributed by atoms with Crippen molar-refractivity contribution in [2.24, 2.45) is 0 Å². The van der Waals surface area contributed by atoms with Gasteiger partial charge >= 0.3 is 0 Å². The van der Waals surface area contributed by atoms with Crippen LogP contribution in [0, 0.1) is 0 Å². The van der Waals surface area contributed by atoms with Crippen LogP contribution in [0.5, 0.6) is 0 Å². The van der Waals surface area contributed by atoms with Crippen molar-refractivity contribution in [3.63, 3.8) is 0 Å². The van der Waals surface area contributed by atoms with E-state index in [1.165, 1.54) is 0 Å². The smallest absolute Gasteiger partial charge is 0.160 e. The first-order valence-electron chi connectivity index (χ1n) is 7.73. The molecule has 0 bridgehead atoms. The molecule has 0 unspecified atom stereocenters. The van der Waals surface area contributed by atoms with E-state index >= 15 is 0 Å². The molecular formula is C18H16Cl2N4. The molecule has 2 aromatic carbocycles. The summed E-state index contributed by atoms with van der Waals surface area (Å²) >= 11 is 12.5. The number of likely N-dealkylation sites (N-methyl/N-ethyl adjacent to an activating group) is 1. The van der Waals surface area contributed by atoms with Crippen molar-refractivity contribution in [1.29, 1.82) is 0 Å². The molecule has 2 heterocycles. The molecule has 0 atom stereocenters. The fraction of sp³-hybridized carbons (Fsp3) is 0.222. The van der Waals surface area contributed by atoms with Gasteiger partial charge in [-0.1, -0.05) is 41.4 Å². The third-order valence-electron chi connectivity index (χ3n) is 4.15. The molecule has 0 saturated heterocycles. The predicted octanol–water partition coefficient (Wildman–Crippen LogP) is 4.61. The van der Waals surface area contributed by atoms with Gasteiger partial charge in [0, 0.05) is 23.5 Å². The molecule has 0 spiro atoms. The zero-order valence-electron chi connectivity index (χ0n) is 13.4. The maximum Gasteiger partial charge on any atom is 0.160 e. The normalized spacial score (nSPS) is 12.0. The zero-order valence-corrected chi connectivity index (χ0v) is 14.9. The summed E-state index contributed by atoms with van der Waals surface area (Å²) in [6, 6.07) is 11.8. The molecule has 24 heavy (non-hydrogen) atoms. The first-order chi connectivity index (χ1) is 11.5. The molecule has 0 amide bonds. The van der Waals surface area contributed by atoms with Crippen LogP contribution in [0.3, 0.4) is 0 Å². The Kier molecular flexibility index (Phi) is 3.83. The fourth-order valence-electron chi connectivity index (χ4n) is 3.00. The molecule has 0 aliphatic heterocycles. The number of rotatable bonds is 3. The lowest BCUT2D eigenvalue weighted by molar-refractivity contribution is 0.389. The third-order valence-corrected chi connectivity index (χ3v) is 4.65. The quantitative estimate of drug-likeness (QED) is 0.536. The van der Waals surface area contributed by atoms with Crippen LogP contribution in [0.15, 0.2) is 36.4 Å². The second-order valence-corrected chi connectivity index (χ2v) is 6.97. The second-order valence-electron chi connectivity index (χ2n) is 6.12. The molecule has 122 valence electrons. The molecule has 4 nitrogen and oxygen atoms in total. The van der Waals surface area contributed by atoms with E-state index in [0.29, 0.717) is 15.6 Å². The van der Waals surface area contributed by atoms with E-state index < -0.39 is 0 Å². The molecule has 0 aliphatic carbocycles. The Labute approximate surface area is 149 Å². The maximum absolute atomic E-state index is 6.34. The molecule has 0 radical (unpaired) electrons. The average molecular weight is 359 g/mol. The Morgan fingerprint density at radius 2 is 1.83 bits per heavy atom. The fourth-order valence-corrected chi connectivity index (χ4v) is 3.52. The van der Waals surface area contributed by atoms with Gasteiger partial charge in [-0.15, -0.1) is 0 Å². The van der Waals surface area contributed by atoms with Crippen LogP contribution in [0.4, 0.5) is 0 Å². The Morgan fingerprint density at radius 3 is 2.62 bits per heavy atom. The molecule has 0 aliphatic rings. The number of benzene rings is 2. The highest BCUT2D eigenvalue weighted by Crippen LogP contribution is 2.31. The summed E-state index contributed by atoms with van der Waals surface area (Å²) in [5, 5.41) is 2.19. The van der Waals surface area contributed by atoms with Crippen LogP contribution >= 0.6 is 23.2 Å². The number of hydrogen-bond acceptors (Lipinski definition) is 3. The number of halogens is 2. The summed E-state index contributed by atoms with van der Waals surface area (Å²) in [7, 11) is 4.13. The van der Waals surface area contributed by atoms with Gasteiger partial charge in [-0.3, -0.25) is 0 Å². The average Bonchev–Trinajstić information content (AvgIpc) is 2.84. The molecule has 0 fully saturated rings. The summed E-state index contributed by atoms with van der Waals surface area (Å²) in [6.45, 7) is 1.75. The van der Waals surface area contributed by atoms with Gasteiger partial charge in [0.2, 0.25) is 0 Å². The number of para-hydroxylation sites is 1. The van der Waals surface area contributed by atoms with Gasteiger partial charge in [-0.25, -0.2) is 9.97 Å². The Morgan fingerprint density at radius 1 is 1.04 bits per heavy atom. The molecule has 0 saturated carbocycles. The Bertz CT molecular complexity index is 1070. The minimum Gasteiger partial charge on any atom is -0.323 e. The SMILES string of the molecule is CN(C)CCn1c2ccccc2c2nc3cc(Cl)cc(Cl)c3nc21. The molecule has 4 rings (SSSR count). The lowest BCUT2D eigenvalue weighted by atomic mass is 10.2. The molecule has 4 aromatic rings. The van der Waals surface area contributed by atoms with Crippen LogP contribution in [0.1, 0.15) is 0 Å². The van der Waals surface area contributed by atoms with Crippen molar-refractivity contribution in [2.75, 3.05) is 20.6 Å². The van der Waals surface area contributed by atoms with Crippen molar-refractivity contribution in [2.45, 2.75) is 6.54 Å².